The third kappa shape index (κ3) is 4.87. The molecule has 0 saturated carbocycles. The summed E-state index contributed by atoms with van der Waals surface area (Å²) >= 11 is 0. The van der Waals surface area contributed by atoms with Gasteiger partial charge in [-0.2, -0.15) is 13.2 Å². The Labute approximate surface area is 140 Å². The molecule has 1 fully saturated rings. The highest BCUT2D eigenvalue weighted by molar-refractivity contribution is 5.74. The molecule has 2 rings (SSSR count). The second-order valence-electron chi connectivity index (χ2n) is 6.59. The topological polar surface area (TPSA) is 35.6 Å². The molecular weight excluding hydrogens is 319 g/mol. The number of carbonyl (C=O) groups excluding carboxylic acids is 1. The van der Waals surface area contributed by atoms with E-state index in [1.165, 1.54) is 12.1 Å². The minimum atomic E-state index is -4.35. The maximum atomic E-state index is 12.6. The third-order valence-corrected chi connectivity index (χ3v) is 4.45. The molecule has 1 aromatic rings. The molecule has 2 atom stereocenters. The fraction of sp³-hybridized carbons (Fsp3) is 0.588. The van der Waals surface area contributed by atoms with Gasteiger partial charge < -0.3 is 15.1 Å². The number of carbonyl (C=O) groups is 1. The zero-order valence-corrected chi connectivity index (χ0v) is 14.2. The Morgan fingerprint density at radius 2 is 2.00 bits per heavy atom. The number of hydrogen-bond donors (Lipinski definition) is 1. The summed E-state index contributed by atoms with van der Waals surface area (Å²) in [4.78, 5) is 16.1. The number of nitrogens with zero attached hydrogens (tertiary/aromatic N) is 2. The summed E-state index contributed by atoms with van der Waals surface area (Å²) in [5.74, 6) is 0.465. The van der Waals surface area contributed by atoms with Gasteiger partial charge in [-0.25, -0.2) is 4.79 Å². The summed E-state index contributed by atoms with van der Waals surface area (Å²) in [6, 6.07) is 4.32. The van der Waals surface area contributed by atoms with E-state index >= 15 is 0 Å². The van der Waals surface area contributed by atoms with Gasteiger partial charge in [0.15, 0.2) is 0 Å². The summed E-state index contributed by atoms with van der Waals surface area (Å²) in [5, 5.41) is 2.83. The van der Waals surface area contributed by atoms with E-state index in [1.54, 1.807) is 18.9 Å². The van der Waals surface area contributed by atoms with Gasteiger partial charge in [-0.15, -0.1) is 0 Å². The average molecular weight is 343 g/mol. The number of likely N-dealkylation sites (tertiary alicyclic amines) is 1. The van der Waals surface area contributed by atoms with E-state index in [9.17, 15) is 18.0 Å². The lowest BCUT2D eigenvalue weighted by atomic mass is 10.1. The van der Waals surface area contributed by atoms with Gasteiger partial charge in [0.2, 0.25) is 0 Å². The van der Waals surface area contributed by atoms with E-state index in [-0.39, 0.29) is 12.1 Å². The molecule has 1 aliphatic heterocycles. The van der Waals surface area contributed by atoms with Crippen molar-refractivity contribution in [1.82, 2.24) is 15.1 Å². The van der Waals surface area contributed by atoms with Crippen LogP contribution in [-0.2, 0) is 6.18 Å². The molecule has 24 heavy (non-hydrogen) atoms. The standard InChI is InChI=1S/C17H24F3N3O/c1-12(14-4-6-15(7-5-14)17(18,19)20)21-16(24)23(3)11-13-8-9-22(2)10-13/h4-7,12-13H,8-11H2,1-3H3,(H,21,24)/t12-,13-/m0/s1. The summed E-state index contributed by atoms with van der Waals surface area (Å²) < 4.78 is 37.7. The molecule has 4 nitrogen and oxygen atoms in total. The molecule has 1 aliphatic rings. The van der Waals surface area contributed by atoms with Crippen molar-refractivity contribution < 1.29 is 18.0 Å². The van der Waals surface area contributed by atoms with Gasteiger partial charge in [0.25, 0.3) is 0 Å². The van der Waals surface area contributed by atoms with Gasteiger partial charge in [0.1, 0.15) is 0 Å². The van der Waals surface area contributed by atoms with Crippen LogP contribution in [0.25, 0.3) is 0 Å². The molecule has 0 aromatic heterocycles. The van der Waals surface area contributed by atoms with Crippen LogP contribution in [0.15, 0.2) is 24.3 Å². The van der Waals surface area contributed by atoms with Gasteiger partial charge in [0, 0.05) is 20.1 Å². The minimum absolute atomic E-state index is 0.211. The van der Waals surface area contributed by atoms with Gasteiger partial charge in [-0.05, 0) is 50.6 Å². The lowest BCUT2D eigenvalue weighted by Gasteiger charge is -2.24. The monoisotopic (exact) mass is 343 g/mol. The van der Waals surface area contributed by atoms with Crippen LogP contribution in [0.5, 0.6) is 0 Å². The maximum Gasteiger partial charge on any atom is 0.416 e. The Balaban J connectivity index is 1.88. The molecule has 1 N–H and O–H groups in total. The number of nitrogens with one attached hydrogen (secondary N) is 1. The second-order valence-corrected chi connectivity index (χ2v) is 6.59. The number of halogens is 3. The quantitative estimate of drug-likeness (QED) is 0.910. The number of alkyl halides is 3. The lowest BCUT2D eigenvalue weighted by molar-refractivity contribution is -0.137. The van der Waals surface area contributed by atoms with Gasteiger partial charge in [-0.3, -0.25) is 0 Å². The minimum Gasteiger partial charge on any atom is -0.331 e. The molecule has 1 heterocycles. The first-order chi connectivity index (χ1) is 11.2. The first-order valence-electron chi connectivity index (χ1n) is 8.04. The number of hydrogen-bond acceptors (Lipinski definition) is 2. The molecule has 0 unspecified atom stereocenters. The van der Waals surface area contributed by atoms with Gasteiger partial charge >= 0.3 is 12.2 Å². The highest BCUT2D eigenvalue weighted by Crippen LogP contribution is 2.29. The number of benzene rings is 1. The molecule has 7 heteroatoms. The van der Waals surface area contributed by atoms with Crippen molar-refractivity contribution in [3.05, 3.63) is 35.4 Å². The fourth-order valence-corrected chi connectivity index (χ4v) is 2.99. The number of urea groups is 1. The first kappa shape index (κ1) is 18.6. The van der Waals surface area contributed by atoms with E-state index in [1.807, 2.05) is 0 Å². The second kappa shape index (κ2) is 7.42. The van der Waals surface area contributed by atoms with Crippen molar-refractivity contribution >= 4 is 6.03 Å². The highest BCUT2D eigenvalue weighted by atomic mass is 19.4. The van der Waals surface area contributed by atoms with Crippen molar-refractivity contribution in [1.29, 1.82) is 0 Å². The third-order valence-electron chi connectivity index (χ3n) is 4.45. The molecule has 1 aromatic carbocycles. The van der Waals surface area contributed by atoms with E-state index in [0.717, 1.165) is 31.6 Å². The molecule has 0 bridgehead atoms. The van der Waals surface area contributed by atoms with Crippen LogP contribution >= 0.6 is 0 Å². The molecular formula is C17H24F3N3O. The van der Waals surface area contributed by atoms with E-state index in [4.69, 9.17) is 0 Å². The predicted octanol–water partition coefficient (Wildman–Crippen LogP) is 3.36. The van der Waals surface area contributed by atoms with Crippen molar-refractivity contribution in [2.24, 2.45) is 5.92 Å². The van der Waals surface area contributed by atoms with Crippen LogP contribution in [0.3, 0.4) is 0 Å². The number of rotatable bonds is 4. The highest BCUT2D eigenvalue weighted by Gasteiger charge is 2.30. The van der Waals surface area contributed by atoms with Crippen molar-refractivity contribution in [2.75, 3.05) is 33.7 Å². The fourth-order valence-electron chi connectivity index (χ4n) is 2.99. The summed E-state index contributed by atoms with van der Waals surface area (Å²) in [7, 11) is 3.81. The molecule has 0 aliphatic carbocycles. The first-order valence-corrected chi connectivity index (χ1v) is 8.04. The molecule has 0 spiro atoms. The Hall–Kier alpha value is -1.76. The molecule has 2 amide bonds. The zero-order valence-electron chi connectivity index (χ0n) is 14.2. The van der Waals surface area contributed by atoms with Crippen LogP contribution in [0.4, 0.5) is 18.0 Å². The van der Waals surface area contributed by atoms with Gasteiger partial charge in [0.05, 0.1) is 11.6 Å². The predicted molar refractivity (Wildman–Crippen MR) is 86.6 cm³/mol. The van der Waals surface area contributed by atoms with Crippen molar-refractivity contribution in [3.63, 3.8) is 0 Å². The van der Waals surface area contributed by atoms with Crippen LogP contribution in [-0.4, -0.2) is 49.6 Å². The van der Waals surface area contributed by atoms with Crippen LogP contribution in [0.1, 0.15) is 30.5 Å². The van der Waals surface area contributed by atoms with Crippen LogP contribution in [0.2, 0.25) is 0 Å². The lowest BCUT2D eigenvalue weighted by Crippen LogP contribution is -2.41. The van der Waals surface area contributed by atoms with Gasteiger partial charge in [-0.1, -0.05) is 12.1 Å². The smallest absolute Gasteiger partial charge is 0.331 e. The van der Waals surface area contributed by atoms with E-state index < -0.39 is 11.7 Å². The Morgan fingerprint density at radius 3 is 2.50 bits per heavy atom. The Kier molecular flexibility index (Phi) is 5.74. The molecule has 1 saturated heterocycles. The molecule has 0 radical (unpaired) electrons. The normalized spacial score (nSPS) is 20.0. The molecule has 134 valence electrons. The summed E-state index contributed by atoms with van der Waals surface area (Å²) in [5.41, 5.74) is -0.0439. The van der Waals surface area contributed by atoms with Crippen LogP contribution < -0.4 is 5.32 Å². The Bertz CT molecular complexity index is 559. The SMILES string of the molecule is C[C@H](NC(=O)N(C)C[C@H]1CCN(C)C1)c1ccc(C(F)(F)F)cc1. The maximum absolute atomic E-state index is 12.6. The summed E-state index contributed by atoms with van der Waals surface area (Å²) in [6.07, 6.45) is -3.28. The number of amides is 2. The van der Waals surface area contributed by atoms with Crippen molar-refractivity contribution in [2.45, 2.75) is 25.6 Å². The summed E-state index contributed by atoms with van der Waals surface area (Å²) in [6.45, 7) is 4.46. The average Bonchev–Trinajstić information content (AvgIpc) is 2.91. The largest absolute Gasteiger partial charge is 0.416 e. The zero-order chi connectivity index (χ0) is 17.9. The van der Waals surface area contributed by atoms with E-state index in [2.05, 4.69) is 17.3 Å². The van der Waals surface area contributed by atoms with Crippen molar-refractivity contribution in [3.8, 4) is 0 Å². The Morgan fingerprint density at radius 1 is 1.38 bits per heavy atom. The van der Waals surface area contributed by atoms with Crippen LogP contribution in [0, 0.1) is 5.92 Å². The van der Waals surface area contributed by atoms with E-state index in [0.29, 0.717) is 18.0 Å².